The van der Waals surface area contributed by atoms with Crippen LogP contribution in [0.4, 0.5) is 5.69 Å². The van der Waals surface area contributed by atoms with Crippen LogP contribution < -0.4 is 0 Å². The van der Waals surface area contributed by atoms with Crippen LogP contribution in [-0.4, -0.2) is 21.0 Å². The van der Waals surface area contributed by atoms with Crippen molar-refractivity contribution in [3.05, 3.63) is 70.3 Å². The smallest absolute Gasteiger partial charge is 0.303 e. The maximum Gasteiger partial charge on any atom is 0.303 e. The van der Waals surface area contributed by atoms with Gasteiger partial charge in [0.05, 0.1) is 24.0 Å². The van der Waals surface area contributed by atoms with Crippen LogP contribution in [0.25, 0.3) is 15.9 Å². The van der Waals surface area contributed by atoms with Gasteiger partial charge >= 0.3 is 5.97 Å². The number of hydrogen-bond acceptors (Lipinski definition) is 2. The molecule has 120 valence electrons. The molecule has 0 fully saturated rings. The van der Waals surface area contributed by atoms with Gasteiger partial charge in [-0.1, -0.05) is 29.8 Å². The number of aromatic amines is 1. The summed E-state index contributed by atoms with van der Waals surface area (Å²) in [5.41, 5.74) is 2.99. The maximum atomic E-state index is 11.2. The van der Waals surface area contributed by atoms with Gasteiger partial charge in [-0.05, 0) is 29.8 Å². The Morgan fingerprint density at radius 1 is 1.29 bits per heavy atom. The first-order valence-electron chi connectivity index (χ1n) is 7.38. The molecule has 0 aliphatic heterocycles. The third-order valence-corrected chi connectivity index (χ3v) is 4.10. The third-order valence-electron chi connectivity index (χ3n) is 3.85. The first-order valence-corrected chi connectivity index (χ1v) is 7.76. The predicted octanol–water partition coefficient (Wildman–Crippen LogP) is 4.57. The molecule has 0 aliphatic carbocycles. The van der Waals surface area contributed by atoms with Crippen molar-refractivity contribution < 1.29 is 9.90 Å². The highest BCUT2D eigenvalue weighted by molar-refractivity contribution is 6.30. The second-order valence-electron chi connectivity index (χ2n) is 5.55. The molecule has 3 aromatic rings. The van der Waals surface area contributed by atoms with Crippen molar-refractivity contribution in [2.75, 3.05) is 0 Å². The summed E-state index contributed by atoms with van der Waals surface area (Å²) in [5, 5.41) is 9.81. The van der Waals surface area contributed by atoms with E-state index in [1.165, 1.54) is 0 Å². The second kappa shape index (κ2) is 6.73. The van der Waals surface area contributed by atoms with Crippen molar-refractivity contribution in [3.8, 4) is 0 Å². The molecule has 1 atom stereocenters. The molecule has 0 amide bonds. The summed E-state index contributed by atoms with van der Waals surface area (Å²) in [7, 11) is 0. The van der Waals surface area contributed by atoms with Crippen LogP contribution >= 0.6 is 11.6 Å². The summed E-state index contributed by atoms with van der Waals surface area (Å²) >= 11 is 5.91. The maximum absolute atomic E-state index is 11.2. The highest BCUT2D eigenvalue weighted by Gasteiger charge is 2.18. The summed E-state index contributed by atoms with van der Waals surface area (Å²) in [6, 6.07) is 12.4. The lowest BCUT2D eigenvalue weighted by Crippen LogP contribution is -2.10. The molecule has 1 heterocycles. The molecule has 1 unspecified atom stereocenters. The quantitative estimate of drug-likeness (QED) is 0.669. The summed E-state index contributed by atoms with van der Waals surface area (Å²) in [6.45, 7) is 7.06. The molecule has 0 saturated heterocycles. The van der Waals surface area contributed by atoms with Gasteiger partial charge in [-0.15, -0.1) is 0 Å². The van der Waals surface area contributed by atoms with Crippen molar-refractivity contribution in [1.82, 2.24) is 9.97 Å². The Bertz CT molecular complexity index is 926. The van der Waals surface area contributed by atoms with E-state index < -0.39 is 5.97 Å². The number of carboxylic acid groups (broad SMARTS) is 1. The standard InChI is InChI=1S/C18H14ClN3O2/c1-20-14-6-7-15-16(10-14)22-17(21-15)8-12(9-18(23)24)11-2-4-13(19)5-3-11/h2-7,10,12H,8-9H2,(H,21,22)(H,23,24). The number of aliphatic carboxylic acids is 1. The van der Waals surface area contributed by atoms with E-state index in [9.17, 15) is 9.90 Å². The first kappa shape index (κ1) is 16.0. The average molecular weight is 340 g/mol. The van der Waals surface area contributed by atoms with E-state index in [0.717, 1.165) is 16.6 Å². The number of hydrogen-bond donors (Lipinski definition) is 2. The Balaban J connectivity index is 1.90. The van der Waals surface area contributed by atoms with E-state index >= 15 is 0 Å². The van der Waals surface area contributed by atoms with Crippen molar-refractivity contribution in [3.63, 3.8) is 0 Å². The number of fused-ring (bicyclic) bond motifs is 1. The SMILES string of the molecule is [C-]#[N+]c1ccc2nc(CC(CC(=O)O)c3ccc(Cl)cc3)[nH]c2c1. The van der Waals surface area contributed by atoms with Crippen molar-refractivity contribution in [2.24, 2.45) is 0 Å². The summed E-state index contributed by atoms with van der Waals surface area (Å²) in [5.74, 6) is -0.365. The minimum absolute atomic E-state index is 0.00593. The van der Waals surface area contributed by atoms with E-state index in [4.69, 9.17) is 18.2 Å². The lowest BCUT2D eigenvalue weighted by molar-refractivity contribution is -0.137. The predicted molar refractivity (Wildman–Crippen MR) is 92.5 cm³/mol. The van der Waals surface area contributed by atoms with Crippen LogP contribution in [-0.2, 0) is 11.2 Å². The van der Waals surface area contributed by atoms with Gasteiger partial charge in [0.15, 0.2) is 5.69 Å². The molecule has 0 radical (unpaired) electrons. The topological polar surface area (TPSA) is 70.3 Å². The van der Waals surface area contributed by atoms with Crippen molar-refractivity contribution >= 4 is 34.3 Å². The van der Waals surface area contributed by atoms with Gasteiger partial charge in [0.1, 0.15) is 5.82 Å². The van der Waals surface area contributed by atoms with Crippen molar-refractivity contribution in [1.29, 1.82) is 0 Å². The Morgan fingerprint density at radius 2 is 2.04 bits per heavy atom. The van der Waals surface area contributed by atoms with E-state index in [2.05, 4.69) is 14.8 Å². The molecule has 3 rings (SSSR count). The van der Waals surface area contributed by atoms with E-state index in [0.29, 0.717) is 23.0 Å². The molecule has 6 heteroatoms. The molecule has 0 spiro atoms. The Morgan fingerprint density at radius 3 is 2.71 bits per heavy atom. The Hall–Kier alpha value is -2.84. The van der Waals surface area contributed by atoms with Gasteiger partial charge in [0.25, 0.3) is 0 Å². The van der Waals surface area contributed by atoms with Crippen LogP contribution in [0.15, 0.2) is 42.5 Å². The molecular weight excluding hydrogens is 326 g/mol. The number of carboxylic acids is 1. The van der Waals surface area contributed by atoms with Crippen LogP contribution in [0.3, 0.4) is 0 Å². The number of benzene rings is 2. The minimum Gasteiger partial charge on any atom is -0.481 e. The number of halogens is 1. The van der Waals surface area contributed by atoms with Gasteiger partial charge in [-0.25, -0.2) is 9.83 Å². The summed E-state index contributed by atoms with van der Waals surface area (Å²) in [4.78, 5) is 22.3. The van der Waals surface area contributed by atoms with Crippen LogP contribution in [0.2, 0.25) is 5.02 Å². The zero-order valence-electron chi connectivity index (χ0n) is 12.7. The number of rotatable bonds is 5. The number of aromatic nitrogens is 2. The van der Waals surface area contributed by atoms with Crippen molar-refractivity contribution in [2.45, 2.75) is 18.8 Å². The van der Waals surface area contributed by atoms with Gasteiger partial charge in [0.2, 0.25) is 0 Å². The van der Waals surface area contributed by atoms with Crippen LogP contribution in [0.5, 0.6) is 0 Å². The number of nitrogens with zero attached hydrogens (tertiary/aromatic N) is 2. The van der Waals surface area contributed by atoms with Gasteiger partial charge in [-0.3, -0.25) is 4.79 Å². The van der Waals surface area contributed by atoms with Gasteiger partial charge in [0, 0.05) is 17.4 Å². The normalized spacial score (nSPS) is 12.0. The molecule has 1 aromatic heterocycles. The number of imidazole rings is 1. The highest BCUT2D eigenvalue weighted by Crippen LogP contribution is 2.27. The third kappa shape index (κ3) is 3.55. The lowest BCUT2D eigenvalue weighted by Gasteiger charge is -2.14. The average Bonchev–Trinajstić information content (AvgIpc) is 2.95. The molecule has 2 aromatic carbocycles. The zero-order chi connectivity index (χ0) is 17.1. The molecule has 0 aliphatic rings. The molecule has 5 nitrogen and oxygen atoms in total. The molecule has 24 heavy (non-hydrogen) atoms. The highest BCUT2D eigenvalue weighted by atomic mass is 35.5. The molecular formula is C18H14ClN3O2. The number of nitrogens with one attached hydrogen (secondary N) is 1. The monoisotopic (exact) mass is 339 g/mol. The van der Waals surface area contributed by atoms with E-state index in [1.807, 2.05) is 12.1 Å². The summed E-state index contributed by atoms with van der Waals surface area (Å²) < 4.78 is 0. The molecule has 2 N–H and O–H groups in total. The largest absolute Gasteiger partial charge is 0.481 e. The number of H-pyrrole nitrogens is 1. The molecule has 0 bridgehead atoms. The fourth-order valence-electron chi connectivity index (χ4n) is 2.70. The zero-order valence-corrected chi connectivity index (χ0v) is 13.4. The van der Waals surface area contributed by atoms with E-state index in [-0.39, 0.29) is 12.3 Å². The summed E-state index contributed by atoms with van der Waals surface area (Å²) in [6.07, 6.45) is 0.474. The fraction of sp³-hybridized carbons (Fsp3) is 0.167. The first-order chi connectivity index (χ1) is 11.5. The van der Waals surface area contributed by atoms with Crippen LogP contribution in [0.1, 0.15) is 23.7 Å². The van der Waals surface area contributed by atoms with Gasteiger partial charge in [-0.2, -0.15) is 0 Å². The number of carbonyl (C=O) groups is 1. The Kier molecular flexibility index (Phi) is 4.50. The minimum atomic E-state index is -0.860. The fourth-order valence-corrected chi connectivity index (χ4v) is 2.83. The van der Waals surface area contributed by atoms with Crippen LogP contribution in [0, 0.1) is 6.57 Å². The molecule has 0 saturated carbocycles. The second-order valence-corrected chi connectivity index (χ2v) is 5.98. The lowest BCUT2D eigenvalue weighted by atomic mass is 9.92. The Labute approximate surface area is 143 Å². The van der Waals surface area contributed by atoms with Gasteiger partial charge < -0.3 is 10.1 Å². The van der Waals surface area contributed by atoms with E-state index in [1.54, 1.807) is 30.3 Å².